The maximum Gasteiger partial charge on any atom is 0.193 e. The van der Waals surface area contributed by atoms with Crippen molar-refractivity contribution in [1.82, 2.24) is 10.2 Å². The van der Waals surface area contributed by atoms with Gasteiger partial charge >= 0.3 is 0 Å². The number of aliphatic hydroxyl groups is 1. The lowest BCUT2D eigenvalue weighted by Crippen LogP contribution is -2.38. The zero-order valence-corrected chi connectivity index (χ0v) is 19.1. The van der Waals surface area contributed by atoms with Gasteiger partial charge in [-0.15, -0.1) is 24.0 Å². The summed E-state index contributed by atoms with van der Waals surface area (Å²) >= 11 is 0. The number of guanidine groups is 1. The summed E-state index contributed by atoms with van der Waals surface area (Å²) in [6.45, 7) is 7.98. The van der Waals surface area contributed by atoms with E-state index in [9.17, 15) is 5.11 Å². The molecule has 0 aromatic heterocycles. The molecule has 0 saturated carbocycles. The van der Waals surface area contributed by atoms with E-state index in [1.807, 2.05) is 19.2 Å². The Bertz CT molecular complexity index is 578. The van der Waals surface area contributed by atoms with Crippen molar-refractivity contribution in [2.75, 3.05) is 40.0 Å². The quantitative estimate of drug-likeness (QED) is 0.316. The Balaban J connectivity index is 0.00000364. The molecule has 154 valence electrons. The largest absolute Gasteiger partial charge is 0.486 e. The van der Waals surface area contributed by atoms with Gasteiger partial charge in [-0.2, -0.15) is 0 Å². The van der Waals surface area contributed by atoms with E-state index < -0.39 is 0 Å². The standard InChI is InChI=1S/C20H33N3O3.HI/c1-4-6-16(9-10-24)14-22-20(21-5-2)23(3)15-17-7-8-18-19(13-17)26-12-11-25-18;/h7-8,13,16,24H,4-6,9-12,14-15H2,1-3H3,(H,21,22);1H. The van der Waals surface area contributed by atoms with Gasteiger partial charge < -0.3 is 24.8 Å². The Morgan fingerprint density at radius 2 is 1.96 bits per heavy atom. The highest BCUT2D eigenvalue weighted by Crippen LogP contribution is 2.31. The maximum absolute atomic E-state index is 9.24. The zero-order chi connectivity index (χ0) is 18.8. The van der Waals surface area contributed by atoms with Crippen LogP contribution in [-0.2, 0) is 6.54 Å². The lowest BCUT2D eigenvalue weighted by molar-refractivity contribution is 0.171. The molecular formula is C20H34IN3O3. The van der Waals surface area contributed by atoms with Crippen molar-refractivity contribution in [3.05, 3.63) is 23.8 Å². The third kappa shape index (κ3) is 7.73. The fourth-order valence-corrected chi connectivity index (χ4v) is 3.14. The Labute approximate surface area is 180 Å². The highest BCUT2D eigenvalue weighted by molar-refractivity contribution is 14.0. The van der Waals surface area contributed by atoms with E-state index in [4.69, 9.17) is 14.5 Å². The fraction of sp³-hybridized carbons (Fsp3) is 0.650. The molecule has 0 bridgehead atoms. The van der Waals surface area contributed by atoms with Crippen LogP contribution in [-0.4, -0.2) is 55.9 Å². The molecule has 1 unspecified atom stereocenters. The second-order valence-corrected chi connectivity index (χ2v) is 6.70. The van der Waals surface area contributed by atoms with E-state index in [0.29, 0.717) is 19.1 Å². The number of aliphatic imine (C=N–C) groups is 1. The van der Waals surface area contributed by atoms with Crippen LogP contribution < -0.4 is 14.8 Å². The molecule has 0 radical (unpaired) electrons. The van der Waals surface area contributed by atoms with Crippen molar-refractivity contribution in [1.29, 1.82) is 0 Å². The molecule has 2 rings (SSSR count). The van der Waals surface area contributed by atoms with Gasteiger partial charge in [-0.3, -0.25) is 4.99 Å². The molecule has 1 heterocycles. The van der Waals surface area contributed by atoms with Crippen molar-refractivity contribution >= 4 is 29.9 Å². The summed E-state index contributed by atoms with van der Waals surface area (Å²) in [7, 11) is 2.04. The van der Waals surface area contributed by atoms with Gasteiger partial charge in [-0.1, -0.05) is 19.4 Å². The maximum atomic E-state index is 9.24. The molecule has 1 aromatic rings. The van der Waals surface area contributed by atoms with E-state index >= 15 is 0 Å². The van der Waals surface area contributed by atoms with Crippen molar-refractivity contribution in [2.24, 2.45) is 10.9 Å². The van der Waals surface area contributed by atoms with Crippen LogP contribution in [0.5, 0.6) is 11.5 Å². The summed E-state index contributed by atoms with van der Waals surface area (Å²) < 4.78 is 11.3. The minimum atomic E-state index is 0. The molecular weight excluding hydrogens is 457 g/mol. The number of hydrogen-bond acceptors (Lipinski definition) is 4. The van der Waals surface area contributed by atoms with Crippen LogP contribution in [0.15, 0.2) is 23.2 Å². The molecule has 27 heavy (non-hydrogen) atoms. The third-order valence-electron chi connectivity index (χ3n) is 4.46. The van der Waals surface area contributed by atoms with E-state index in [-0.39, 0.29) is 30.6 Å². The Morgan fingerprint density at radius 3 is 2.63 bits per heavy atom. The van der Waals surface area contributed by atoms with Crippen LogP contribution in [0.4, 0.5) is 0 Å². The molecule has 1 aliphatic heterocycles. The van der Waals surface area contributed by atoms with Crippen LogP contribution in [0, 0.1) is 5.92 Å². The summed E-state index contributed by atoms with van der Waals surface area (Å²) in [5.74, 6) is 2.95. The zero-order valence-electron chi connectivity index (χ0n) is 16.7. The normalized spacial score (nSPS) is 14.3. The Kier molecular flexibility index (Phi) is 11.5. The molecule has 1 atom stereocenters. The smallest absolute Gasteiger partial charge is 0.193 e. The van der Waals surface area contributed by atoms with Crippen molar-refractivity contribution in [3.8, 4) is 11.5 Å². The number of benzene rings is 1. The first kappa shape index (κ1) is 23.8. The van der Waals surface area contributed by atoms with Gasteiger partial charge in [-0.05, 0) is 43.4 Å². The number of ether oxygens (including phenoxy) is 2. The third-order valence-corrected chi connectivity index (χ3v) is 4.46. The number of rotatable bonds is 9. The molecule has 0 fully saturated rings. The van der Waals surface area contributed by atoms with Gasteiger partial charge in [0.1, 0.15) is 13.2 Å². The van der Waals surface area contributed by atoms with E-state index in [0.717, 1.165) is 61.9 Å². The molecule has 0 aliphatic carbocycles. The van der Waals surface area contributed by atoms with Gasteiger partial charge in [0.15, 0.2) is 17.5 Å². The minimum Gasteiger partial charge on any atom is -0.486 e. The van der Waals surface area contributed by atoms with Crippen LogP contribution in [0.3, 0.4) is 0 Å². The first-order valence-electron chi connectivity index (χ1n) is 9.66. The number of nitrogens with one attached hydrogen (secondary N) is 1. The summed E-state index contributed by atoms with van der Waals surface area (Å²) in [5.41, 5.74) is 1.16. The van der Waals surface area contributed by atoms with Crippen molar-refractivity contribution < 1.29 is 14.6 Å². The average molecular weight is 491 g/mol. The van der Waals surface area contributed by atoms with Crippen LogP contribution in [0.1, 0.15) is 38.7 Å². The number of halogens is 1. The summed E-state index contributed by atoms with van der Waals surface area (Å²) in [6.07, 6.45) is 3.02. The summed E-state index contributed by atoms with van der Waals surface area (Å²) in [4.78, 5) is 6.92. The molecule has 0 spiro atoms. The predicted molar refractivity (Wildman–Crippen MR) is 120 cm³/mol. The van der Waals surface area contributed by atoms with Crippen LogP contribution >= 0.6 is 24.0 Å². The Morgan fingerprint density at radius 1 is 1.22 bits per heavy atom. The minimum absolute atomic E-state index is 0. The van der Waals surface area contributed by atoms with Crippen LogP contribution in [0.25, 0.3) is 0 Å². The second kappa shape index (κ2) is 13.0. The number of aliphatic hydroxyl groups excluding tert-OH is 1. The average Bonchev–Trinajstić information content (AvgIpc) is 2.65. The fourth-order valence-electron chi connectivity index (χ4n) is 3.14. The van der Waals surface area contributed by atoms with E-state index in [2.05, 4.69) is 30.1 Å². The van der Waals surface area contributed by atoms with Gasteiger partial charge in [0.2, 0.25) is 0 Å². The van der Waals surface area contributed by atoms with Gasteiger partial charge in [0.05, 0.1) is 0 Å². The monoisotopic (exact) mass is 491 g/mol. The second-order valence-electron chi connectivity index (χ2n) is 6.70. The molecule has 0 amide bonds. The lowest BCUT2D eigenvalue weighted by atomic mass is 10.0. The van der Waals surface area contributed by atoms with Gasteiger partial charge in [0, 0.05) is 33.3 Å². The summed E-state index contributed by atoms with van der Waals surface area (Å²) in [5, 5.41) is 12.6. The molecule has 6 nitrogen and oxygen atoms in total. The number of nitrogens with zero attached hydrogens (tertiary/aromatic N) is 2. The molecule has 7 heteroatoms. The van der Waals surface area contributed by atoms with E-state index in [1.54, 1.807) is 0 Å². The topological polar surface area (TPSA) is 66.3 Å². The molecule has 2 N–H and O–H groups in total. The number of hydrogen-bond donors (Lipinski definition) is 2. The van der Waals surface area contributed by atoms with Crippen LogP contribution in [0.2, 0.25) is 0 Å². The predicted octanol–water partition coefficient (Wildman–Crippen LogP) is 3.27. The first-order valence-corrected chi connectivity index (χ1v) is 9.66. The SMILES string of the molecule is CCCC(CCO)CN=C(NCC)N(C)Cc1ccc2c(c1)OCCO2.I. The highest BCUT2D eigenvalue weighted by atomic mass is 127. The number of fused-ring (bicyclic) bond motifs is 1. The molecule has 1 aliphatic rings. The highest BCUT2D eigenvalue weighted by Gasteiger charge is 2.14. The van der Waals surface area contributed by atoms with Gasteiger partial charge in [0.25, 0.3) is 0 Å². The lowest BCUT2D eigenvalue weighted by Gasteiger charge is -2.24. The Hall–Kier alpha value is -1.22. The first-order chi connectivity index (χ1) is 12.7. The van der Waals surface area contributed by atoms with E-state index in [1.165, 1.54) is 0 Å². The molecule has 0 saturated heterocycles. The molecule has 1 aromatic carbocycles. The summed E-state index contributed by atoms with van der Waals surface area (Å²) in [6, 6.07) is 6.08. The van der Waals surface area contributed by atoms with Crippen molar-refractivity contribution in [2.45, 2.75) is 39.7 Å². The van der Waals surface area contributed by atoms with Gasteiger partial charge in [-0.25, -0.2) is 0 Å². The van der Waals surface area contributed by atoms with Crippen molar-refractivity contribution in [3.63, 3.8) is 0 Å².